The first-order valence-corrected chi connectivity index (χ1v) is 7.15. The number of rotatable bonds is 0. The van der Waals surface area contributed by atoms with Gasteiger partial charge in [0.1, 0.15) is 5.69 Å². The number of hydrogen-bond donors (Lipinski definition) is 0. The van der Waals surface area contributed by atoms with Gasteiger partial charge in [0.05, 0.1) is 5.01 Å². The van der Waals surface area contributed by atoms with Crippen LogP contribution in [-0.2, 0) is 11.8 Å². The van der Waals surface area contributed by atoms with Crippen molar-refractivity contribution in [3.05, 3.63) is 15.6 Å². The van der Waals surface area contributed by atoms with E-state index in [9.17, 15) is 9.18 Å². The summed E-state index contributed by atoms with van der Waals surface area (Å²) < 4.78 is 14.5. The number of carbonyl (C=O) groups excluding carboxylic acids is 1. The second kappa shape index (κ2) is 4.74. The summed E-state index contributed by atoms with van der Waals surface area (Å²) in [6.07, 6.45) is -0.741. The largest absolute Gasteiger partial charge is 0.331 e. The highest BCUT2D eigenvalue weighted by atomic mass is 32.1. The monoisotopic (exact) mass is 285 g/mol. The maximum atomic E-state index is 14.5. The normalized spacial score (nSPS) is 19.3. The molecule has 0 saturated carbocycles. The number of urea groups is 1. The van der Waals surface area contributed by atoms with Crippen molar-refractivity contribution in [2.24, 2.45) is 0 Å². The summed E-state index contributed by atoms with van der Waals surface area (Å²) in [5, 5.41) is 0.930. The highest BCUT2D eigenvalue weighted by molar-refractivity contribution is 7.11. The van der Waals surface area contributed by atoms with E-state index < -0.39 is 6.30 Å². The number of alkyl halides is 1. The molecule has 0 saturated heterocycles. The molecule has 1 aromatic heterocycles. The number of hydrogen-bond acceptors (Lipinski definition) is 3. The fraction of sp³-hybridized carbons (Fsp3) is 0.692. The Labute approximate surface area is 117 Å². The molecule has 1 atom stereocenters. The zero-order chi connectivity index (χ0) is 14.4. The van der Waals surface area contributed by atoms with Crippen molar-refractivity contribution < 1.29 is 9.18 Å². The molecule has 0 aromatic carbocycles. The molecule has 2 heterocycles. The second-order valence-corrected chi connectivity index (χ2v) is 7.12. The van der Waals surface area contributed by atoms with Gasteiger partial charge in [-0.1, -0.05) is 20.8 Å². The Morgan fingerprint density at radius 2 is 2.11 bits per heavy atom. The van der Waals surface area contributed by atoms with E-state index in [2.05, 4.69) is 25.8 Å². The summed E-state index contributed by atoms with van der Waals surface area (Å²) in [6, 6.07) is -0.302. The molecule has 6 heteroatoms. The molecule has 1 aliphatic rings. The molecule has 0 aliphatic carbocycles. The van der Waals surface area contributed by atoms with E-state index in [4.69, 9.17) is 0 Å². The van der Waals surface area contributed by atoms with E-state index in [-0.39, 0.29) is 11.4 Å². The highest BCUT2D eigenvalue weighted by Gasteiger charge is 2.35. The fourth-order valence-corrected chi connectivity index (χ4v) is 3.11. The van der Waals surface area contributed by atoms with Gasteiger partial charge in [-0.2, -0.15) is 0 Å². The molecular weight excluding hydrogens is 265 g/mol. The average molecular weight is 285 g/mol. The molecule has 0 N–H and O–H groups in total. The quantitative estimate of drug-likeness (QED) is 0.687. The van der Waals surface area contributed by atoms with Gasteiger partial charge in [-0.15, -0.1) is 11.3 Å². The summed E-state index contributed by atoms with van der Waals surface area (Å²) in [5.74, 6) is 0. The molecule has 19 heavy (non-hydrogen) atoms. The summed E-state index contributed by atoms with van der Waals surface area (Å²) in [4.78, 5) is 19.9. The van der Waals surface area contributed by atoms with E-state index >= 15 is 0 Å². The van der Waals surface area contributed by atoms with Gasteiger partial charge in [-0.25, -0.2) is 14.2 Å². The first-order chi connectivity index (χ1) is 8.71. The second-order valence-electron chi connectivity index (χ2n) is 6.03. The minimum Gasteiger partial charge on any atom is -0.331 e. The van der Waals surface area contributed by atoms with Crippen LogP contribution in [-0.4, -0.2) is 41.5 Å². The number of aromatic nitrogens is 1. The Bertz CT molecular complexity index is 493. The van der Waals surface area contributed by atoms with Gasteiger partial charge in [-0.3, -0.25) is 4.90 Å². The minimum atomic E-state index is -1.43. The van der Waals surface area contributed by atoms with Crippen molar-refractivity contribution in [2.45, 2.75) is 38.9 Å². The van der Waals surface area contributed by atoms with E-state index in [1.165, 1.54) is 9.80 Å². The minimum absolute atomic E-state index is 0.0852. The standard InChI is InChI=1S/C13H20FN3OS/c1-13(2,3)11-15-9-8(19-11)6-7-17(10(9)14)12(18)16(4)5/h10H,6-7H2,1-5H3. The van der Waals surface area contributed by atoms with Crippen molar-refractivity contribution in [1.29, 1.82) is 0 Å². The Balaban J connectivity index is 2.31. The number of amides is 2. The summed E-state index contributed by atoms with van der Waals surface area (Å²) in [6.45, 7) is 6.60. The molecule has 1 unspecified atom stereocenters. The Morgan fingerprint density at radius 1 is 1.47 bits per heavy atom. The molecule has 106 valence electrons. The van der Waals surface area contributed by atoms with E-state index in [0.717, 1.165) is 9.88 Å². The number of carbonyl (C=O) groups is 1. The average Bonchev–Trinajstić information content (AvgIpc) is 2.73. The van der Waals surface area contributed by atoms with Crippen molar-refractivity contribution in [2.75, 3.05) is 20.6 Å². The molecule has 0 spiro atoms. The van der Waals surface area contributed by atoms with E-state index in [1.807, 2.05) is 0 Å². The molecule has 4 nitrogen and oxygen atoms in total. The van der Waals surface area contributed by atoms with Crippen LogP contribution >= 0.6 is 11.3 Å². The Kier molecular flexibility index (Phi) is 3.55. The number of thiazole rings is 1. The zero-order valence-corrected chi connectivity index (χ0v) is 12.8. The zero-order valence-electron chi connectivity index (χ0n) is 12.0. The maximum absolute atomic E-state index is 14.5. The summed E-state index contributed by atoms with van der Waals surface area (Å²) in [5.41, 5.74) is 0.342. The van der Waals surface area contributed by atoms with Crippen LogP contribution in [0.2, 0.25) is 0 Å². The molecule has 1 aliphatic heterocycles. The summed E-state index contributed by atoms with van der Waals surface area (Å²) in [7, 11) is 3.26. The first kappa shape index (κ1) is 14.2. The number of nitrogens with zero attached hydrogens (tertiary/aromatic N) is 3. The van der Waals surface area contributed by atoms with Gasteiger partial charge in [0, 0.05) is 37.4 Å². The van der Waals surface area contributed by atoms with Crippen LogP contribution in [0, 0.1) is 0 Å². The molecule has 2 amide bonds. The lowest BCUT2D eigenvalue weighted by Gasteiger charge is -2.31. The van der Waals surface area contributed by atoms with Crippen LogP contribution in [0.25, 0.3) is 0 Å². The lowest BCUT2D eigenvalue weighted by Crippen LogP contribution is -2.43. The van der Waals surface area contributed by atoms with E-state index in [1.54, 1.807) is 25.4 Å². The van der Waals surface area contributed by atoms with Crippen LogP contribution in [0.1, 0.15) is 42.6 Å². The fourth-order valence-electron chi connectivity index (χ4n) is 1.98. The topological polar surface area (TPSA) is 36.4 Å². The lowest BCUT2D eigenvalue weighted by molar-refractivity contribution is 0.0793. The third-order valence-electron chi connectivity index (χ3n) is 3.08. The van der Waals surface area contributed by atoms with Crippen molar-refractivity contribution in [3.63, 3.8) is 0 Å². The van der Waals surface area contributed by atoms with Crippen LogP contribution in [0.15, 0.2) is 0 Å². The highest BCUT2D eigenvalue weighted by Crippen LogP contribution is 2.37. The number of halogens is 1. The first-order valence-electron chi connectivity index (χ1n) is 6.34. The van der Waals surface area contributed by atoms with Gasteiger partial charge in [0.2, 0.25) is 6.30 Å². The lowest BCUT2D eigenvalue weighted by atomic mass is 9.98. The van der Waals surface area contributed by atoms with Crippen LogP contribution in [0.5, 0.6) is 0 Å². The maximum Gasteiger partial charge on any atom is 0.322 e. The van der Waals surface area contributed by atoms with Gasteiger partial charge in [0.25, 0.3) is 0 Å². The van der Waals surface area contributed by atoms with Crippen LogP contribution < -0.4 is 0 Å². The third-order valence-corrected chi connectivity index (χ3v) is 4.63. The molecule has 0 radical (unpaired) electrons. The third kappa shape index (κ3) is 2.59. The molecular formula is C13H20FN3OS. The van der Waals surface area contributed by atoms with Gasteiger partial charge >= 0.3 is 6.03 Å². The molecule has 0 fully saturated rings. The van der Waals surface area contributed by atoms with E-state index in [0.29, 0.717) is 18.7 Å². The summed E-state index contributed by atoms with van der Waals surface area (Å²) >= 11 is 1.57. The number of fused-ring (bicyclic) bond motifs is 1. The molecule has 0 bridgehead atoms. The van der Waals surface area contributed by atoms with Crippen LogP contribution in [0.3, 0.4) is 0 Å². The van der Waals surface area contributed by atoms with Crippen molar-refractivity contribution in [3.8, 4) is 0 Å². The predicted octanol–water partition coefficient (Wildman–Crippen LogP) is 2.95. The van der Waals surface area contributed by atoms with Gasteiger partial charge in [-0.05, 0) is 0 Å². The predicted molar refractivity (Wildman–Crippen MR) is 74.2 cm³/mol. The Morgan fingerprint density at radius 3 is 2.63 bits per heavy atom. The SMILES string of the molecule is CN(C)C(=O)N1CCc2sc(C(C)(C)C)nc2C1F. The molecule has 1 aromatic rings. The van der Waals surface area contributed by atoms with Crippen LogP contribution in [0.4, 0.5) is 9.18 Å². The smallest absolute Gasteiger partial charge is 0.322 e. The van der Waals surface area contributed by atoms with Crippen molar-refractivity contribution >= 4 is 17.4 Å². The molecule has 2 rings (SSSR count). The van der Waals surface area contributed by atoms with Gasteiger partial charge in [0.15, 0.2) is 0 Å². The Hall–Kier alpha value is -1.17. The van der Waals surface area contributed by atoms with Gasteiger partial charge < -0.3 is 4.90 Å². The van der Waals surface area contributed by atoms with Crippen molar-refractivity contribution in [1.82, 2.24) is 14.8 Å².